The second kappa shape index (κ2) is 9.84. The molecule has 2 unspecified atom stereocenters. The Morgan fingerprint density at radius 3 is 2.45 bits per heavy atom. The van der Waals surface area contributed by atoms with Crippen molar-refractivity contribution in [3.05, 3.63) is 71.9 Å². The van der Waals surface area contributed by atoms with Crippen LogP contribution in [-0.4, -0.2) is 59.9 Å². The van der Waals surface area contributed by atoms with E-state index in [9.17, 15) is 9.59 Å². The second-order valence-electron chi connectivity index (χ2n) is 9.29. The number of benzene rings is 2. The minimum Gasteiger partial charge on any atom is -0.335 e. The van der Waals surface area contributed by atoms with E-state index in [1.54, 1.807) is 0 Å². The summed E-state index contributed by atoms with van der Waals surface area (Å²) in [6.07, 6.45) is 7.92. The zero-order chi connectivity index (χ0) is 22.6. The molecule has 0 aromatic heterocycles. The molecule has 3 aliphatic rings. The molecule has 2 atom stereocenters. The van der Waals surface area contributed by atoms with E-state index in [1.807, 2.05) is 23.3 Å². The van der Waals surface area contributed by atoms with Crippen molar-refractivity contribution in [1.82, 2.24) is 9.80 Å². The molecule has 1 aliphatic carbocycles. The van der Waals surface area contributed by atoms with Crippen LogP contribution in [0.25, 0.3) is 11.1 Å². The Labute approximate surface area is 195 Å². The molecule has 1 amide bonds. The Morgan fingerprint density at radius 1 is 0.939 bits per heavy atom. The quantitative estimate of drug-likeness (QED) is 0.701. The summed E-state index contributed by atoms with van der Waals surface area (Å²) in [4.78, 5) is 34.3. The maximum atomic E-state index is 12.9. The summed E-state index contributed by atoms with van der Waals surface area (Å²) < 4.78 is 0. The van der Waals surface area contributed by atoms with E-state index in [2.05, 4.69) is 58.4 Å². The molecule has 0 spiro atoms. The lowest BCUT2D eigenvalue weighted by Crippen LogP contribution is -2.51. The average Bonchev–Trinajstić information content (AvgIpc) is 3.25. The fourth-order valence-corrected chi connectivity index (χ4v) is 5.39. The second-order valence-corrected chi connectivity index (χ2v) is 9.29. The fraction of sp³-hybridized carbons (Fsp3) is 0.393. The van der Waals surface area contributed by atoms with Crippen LogP contribution in [0.1, 0.15) is 31.2 Å². The van der Waals surface area contributed by atoms with Crippen molar-refractivity contribution in [2.24, 2.45) is 10.9 Å². The monoisotopic (exact) mass is 441 g/mol. The number of amides is 1. The molecule has 2 aromatic carbocycles. The number of allylic oxidation sites excluding steroid dienone is 1. The molecule has 0 N–H and O–H groups in total. The number of nitrogens with zero attached hydrogens (tertiary/aromatic N) is 3. The smallest absolute Gasteiger partial charge is 0.272 e. The van der Waals surface area contributed by atoms with E-state index in [-0.39, 0.29) is 17.9 Å². The van der Waals surface area contributed by atoms with Crippen LogP contribution in [0.3, 0.4) is 0 Å². The predicted octanol–water partition coefficient (Wildman–Crippen LogP) is 4.14. The third-order valence-electron chi connectivity index (χ3n) is 7.22. The van der Waals surface area contributed by atoms with Gasteiger partial charge >= 0.3 is 0 Å². The molecule has 1 saturated heterocycles. The number of carbonyl (C=O) groups excluding carboxylic acids is 2. The number of hydrogen-bond donors (Lipinski definition) is 0. The van der Waals surface area contributed by atoms with Crippen LogP contribution in [0.4, 0.5) is 0 Å². The third kappa shape index (κ3) is 4.83. The number of rotatable bonds is 5. The van der Waals surface area contributed by atoms with Crippen LogP contribution in [0, 0.1) is 5.92 Å². The van der Waals surface area contributed by atoms with Crippen LogP contribution in [0.15, 0.2) is 71.4 Å². The van der Waals surface area contributed by atoms with Crippen molar-refractivity contribution in [2.45, 2.75) is 38.1 Å². The van der Waals surface area contributed by atoms with Gasteiger partial charge in [0.25, 0.3) is 5.91 Å². The van der Waals surface area contributed by atoms with Gasteiger partial charge in [-0.3, -0.25) is 19.5 Å². The molecule has 5 rings (SSSR count). The lowest BCUT2D eigenvalue weighted by atomic mass is 9.91. The molecule has 2 aromatic rings. The molecule has 33 heavy (non-hydrogen) atoms. The molecule has 5 nitrogen and oxygen atoms in total. The van der Waals surface area contributed by atoms with Crippen LogP contribution in [0.5, 0.6) is 0 Å². The summed E-state index contributed by atoms with van der Waals surface area (Å²) in [6, 6.07) is 19.2. The standard InChI is InChI=1S/C28H31N3O2/c32-27-20-24(30-14-16-31(17-15-30)28(33)26-12-6-7-13-29-26)19-23(27)18-22-10-4-5-11-25(22)21-8-2-1-3-9-21/h1-5,8-13,23-24H,6-7,14-20H2. The zero-order valence-electron chi connectivity index (χ0n) is 19.0. The van der Waals surface area contributed by atoms with E-state index >= 15 is 0 Å². The van der Waals surface area contributed by atoms with Crippen molar-refractivity contribution in [3.8, 4) is 11.1 Å². The third-order valence-corrected chi connectivity index (χ3v) is 7.22. The molecule has 170 valence electrons. The Balaban J connectivity index is 1.20. The Kier molecular flexibility index (Phi) is 6.49. The lowest BCUT2D eigenvalue weighted by Gasteiger charge is -2.38. The Bertz CT molecular complexity index is 1070. The van der Waals surface area contributed by atoms with Gasteiger partial charge < -0.3 is 4.90 Å². The summed E-state index contributed by atoms with van der Waals surface area (Å²) in [7, 11) is 0. The molecule has 0 bridgehead atoms. The largest absolute Gasteiger partial charge is 0.335 e. The summed E-state index contributed by atoms with van der Waals surface area (Å²) in [5.41, 5.74) is 4.26. The van der Waals surface area contributed by atoms with Crippen LogP contribution in [0.2, 0.25) is 0 Å². The fourth-order valence-electron chi connectivity index (χ4n) is 5.39. The van der Waals surface area contributed by atoms with Gasteiger partial charge in [-0.15, -0.1) is 0 Å². The number of piperazine rings is 1. The first-order chi connectivity index (χ1) is 16.2. The van der Waals surface area contributed by atoms with Gasteiger partial charge in [0, 0.05) is 50.8 Å². The van der Waals surface area contributed by atoms with Gasteiger partial charge in [0.2, 0.25) is 0 Å². The van der Waals surface area contributed by atoms with Gasteiger partial charge in [-0.1, -0.05) is 60.7 Å². The first-order valence-corrected chi connectivity index (χ1v) is 12.1. The van der Waals surface area contributed by atoms with Gasteiger partial charge in [-0.2, -0.15) is 0 Å². The lowest BCUT2D eigenvalue weighted by molar-refractivity contribution is -0.129. The highest BCUT2D eigenvalue weighted by atomic mass is 16.2. The maximum Gasteiger partial charge on any atom is 0.272 e. The molecule has 5 heteroatoms. The van der Waals surface area contributed by atoms with Crippen molar-refractivity contribution in [1.29, 1.82) is 0 Å². The molecular formula is C28H31N3O2. The Morgan fingerprint density at radius 2 is 1.70 bits per heavy atom. The molecule has 0 radical (unpaired) electrons. The normalized spacial score (nSPS) is 23.6. The maximum absolute atomic E-state index is 12.9. The predicted molar refractivity (Wildman–Crippen MR) is 131 cm³/mol. The topological polar surface area (TPSA) is 53.0 Å². The number of hydrogen-bond acceptors (Lipinski definition) is 4. The zero-order valence-corrected chi connectivity index (χ0v) is 19.0. The Hall–Kier alpha value is -3.05. The average molecular weight is 442 g/mol. The van der Waals surface area contributed by atoms with Gasteiger partial charge in [0.1, 0.15) is 11.5 Å². The molecule has 2 fully saturated rings. The van der Waals surface area contributed by atoms with Crippen molar-refractivity contribution < 1.29 is 9.59 Å². The highest BCUT2D eigenvalue weighted by Crippen LogP contribution is 2.33. The van der Waals surface area contributed by atoms with Gasteiger partial charge in [0.05, 0.1) is 0 Å². The summed E-state index contributed by atoms with van der Waals surface area (Å²) in [5.74, 6) is 0.493. The van der Waals surface area contributed by atoms with Crippen molar-refractivity contribution in [3.63, 3.8) is 0 Å². The first-order valence-electron chi connectivity index (χ1n) is 12.1. The molecule has 1 saturated carbocycles. The van der Waals surface area contributed by atoms with E-state index < -0.39 is 0 Å². The number of aliphatic imine (C=N–C) groups is 1. The van der Waals surface area contributed by atoms with E-state index in [0.717, 1.165) is 38.8 Å². The van der Waals surface area contributed by atoms with Crippen molar-refractivity contribution in [2.75, 3.05) is 26.2 Å². The minimum absolute atomic E-state index is 0.0449. The molecule has 2 heterocycles. The number of carbonyl (C=O) groups is 2. The van der Waals surface area contributed by atoms with Crippen LogP contribution < -0.4 is 0 Å². The van der Waals surface area contributed by atoms with Gasteiger partial charge in [-0.25, -0.2) is 0 Å². The summed E-state index contributed by atoms with van der Waals surface area (Å²) in [6.45, 7) is 3.07. The van der Waals surface area contributed by atoms with Gasteiger partial charge in [0.15, 0.2) is 0 Å². The van der Waals surface area contributed by atoms with Crippen LogP contribution in [-0.2, 0) is 16.0 Å². The van der Waals surface area contributed by atoms with Crippen LogP contribution >= 0.6 is 0 Å². The molecule has 2 aliphatic heterocycles. The highest BCUT2D eigenvalue weighted by Gasteiger charge is 2.37. The SMILES string of the molecule is O=C1CC(N2CCN(C(=O)C3=CCCC=N3)CC2)CC1Cc1ccccc1-c1ccccc1. The number of Topliss-reactive ketones (excluding diaryl/α,β-unsaturated/α-hetero) is 1. The van der Waals surface area contributed by atoms with E-state index in [0.29, 0.717) is 31.0 Å². The van der Waals surface area contributed by atoms with Crippen molar-refractivity contribution >= 4 is 17.9 Å². The minimum atomic E-state index is 0.0449. The highest BCUT2D eigenvalue weighted by molar-refractivity contribution is 5.95. The van der Waals surface area contributed by atoms with E-state index in [4.69, 9.17) is 0 Å². The summed E-state index contributed by atoms with van der Waals surface area (Å²) >= 11 is 0. The van der Waals surface area contributed by atoms with E-state index in [1.165, 1.54) is 16.7 Å². The molecular weight excluding hydrogens is 410 g/mol. The first kappa shape index (κ1) is 21.8. The summed E-state index contributed by atoms with van der Waals surface area (Å²) in [5, 5.41) is 0. The number of ketones is 1. The van der Waals surface area contributed by atoms with Gasteiger partial charge in [-0.05, 0) is 42.4 Å².